The molecule has 0 atom stereocenters. The Balaban J connectivity index is 2.82. The van der Waals surface area contributed by atoms with Gasteiger partial charge in [0.2, 0.25) is 5.91 Å². The van der Waals surface area contributed by atoms with E-state index in [-0.39, 0.29) is 12.5 Å². The van der Waals surface area contributed by atoms with E-state index in [1.165, 1.54) is 0 Å². The number of nitrogens with zero attached hydrogens (tertiary/aromatic N) is 2. The Bertz CT molecular complexity index is 372. The number of anilines is 1. The molecule has 0 aliphatic rings. The largest absolute Gasteiger partial charge is 0.358 e. The van der Waals surface area contributed by atoms with Crippen molar-refractivity contribution >= 4 is 39.3 Å². The number of nitrogens with one attached hydrogen (secondary N) is 1. The number of carbonyl (C=O) groups excluding carboxylic acids is 1. The first-order valence-electron chi connectivity index (χ1n) is 4.27. The molecule has 0 saturated heterocycles. The number of carbonyl (C=O) groups is 1. The van der Waals surface area contributed by atoms with Crippen LogP contribution in [0.4, 0.5) is 5.82 Å². The zero-order valence-electron chi connectivity index (χ0n) is 8.42. The molecule has 4 nitrogen and oxygen atoms in total. The smallest absolute Gasteiger partial charge is 0.239 e. The highest BCUT2D eigenvalue weighted by Crippen LogP contribution is 2.25. The van der Waals surface area contributed by atoms with Gasteiger partial charge in [0.1, 0.15) is 5.82 Å². The van der Waals surface area contributed by atoms with Crippen LogP contribution in [0.1, 0.15) is 0 Å². The number of amides is 1. The lowest BCUT2D eigenvalue weighted by Crippen LogP contribution is -2.33. The van der Waals surface area contributed by atoms with Crippen molar-refractivity contribution in [2.75, 3.05) is 25.5 Å². The summed E-state index contributed by atoms with van der Waals surface area (Å²) >= 11 is 9.10. The Kier molecular flexibility index (Phi) is 4.35. The van der Waals surface area contributed by atoms with E-state index in [0.717, 1.165) is 4.47 Å². The Labute approximate surface area is 102 Å². The summed E-state index contributed by atoms with van der Waals surface area (Å²) in [4.78, 5) is 17.0. The van der Waals surface area contributed by atoms with E-state index in [2.05, 4.69) is 26.2 Å². The molecular formula is C9H11BrClN3O. The average Bonchev–Trinajstić information content (AvgIpc) is 2.17. The molecule has 0 aromatic carbocycles. The lowest BCUT2D eigenvalue weighted by molar-refractivity contribution is -0.119. The zero-order chi connectivity index (χ0) is 11.4. The molecule has 0 spiro atoms. The summed E-state index contributed by atoms with van der Waals surface area (Å²) in [5.41, 5.74) is 0. The molecule has 1 rings (SSSR count). The molecule has 1 amide bonds. The molecule has 0 aliphatic heterocycles. The predicted molar refractivity (Wildman–Crippen MR) is 64.3 cm³/mol. The van der Waals surface area contributed by atoms with Crippen LogP contribution in [0.15, 0.2) is 16.7 Å². The minimum absolute atomic E-state index is 0.0684. The van der Waals surface area contributed by atoms with Crippen LogP contribution < -0.4 is 10.2 Å². The third-order valence-corrected chi connectivity index (χ3v) is 2.60. The minimum atomic E-state index is -0.0684. The second kappa shape index (κ2) is 5.32. The molecule has 1 N–H and O–H groups in total. The van der Waals surface area contributed by atoms with Crippen LogP contribution in [0.25, 0.3) is 0 Å². The SMILES string of the molecule is CNC(=O)CN(C)c1ncc(Cl)cc1Br. The number of pyridine rings is 1. The summed E-state index contributed by atoms with van der Waals surface area (Å²) in [6.07, 6.45) is 1.54. The number of rotatable bonds is 3. The van der Waals surface area contributed by atoms with Gasteiger partial charge in [-0.3, -0.25) is 4.79 Å². The molecule has 15 heavy (non-hydrogen) atoms. The van der Waals surface area contributed by atoms with E-state index in [9.17, 15) is 4.79 Å². The van der Waals surface area contributed by atoms with Crippen molar-refractivity contribution in [3.05, 3.63) is 21.8 Å². The highest BCUT2D eigenvalue weighted by molar-refractivity contribution is 9.10. The maximum Gasteiger partial charge on any atom is 0.239 e. The van der Waals surface area contributed by atoms with Crippen LogP contribution in [0, 0.1) is 0 Å². The molecule has 0 unspecified atom stereocenters. The van der Waals surface area contributed by atoms with Gasteiger partial charge in [-0.2, -0.15) is 0 Å². The number of likely N-dealkylation sites (N-methyl/N-ethyl adjacent to an activating group) is 2. The van der Waals surface area contributed by atoms with Gasteiger partial charge in [-0.25, -0.2) is 4.98 Å². The van der Waals surface area contributed by atoms with E-state index in [4.69, 9.17) is 11.6 Å². The monoisotopic (exact) mass is 291 g/mol. The van der Waals surface area contributed by atoms with Gasteiger partial charge in [0, 0.05) is 20.3 Å². The van der Waals surface area contributed by atoms with Crippen LogP contribution in [-0.4, -0.2) is 31.5 Å². The van der Waals surface area contributed by atoms with Gasteiger partial charge in [-0.15, -0.1) is 0 Å². The van der Waals surface area contributed by atoms with Crippen molar-refractivity contribution in [3.63, 3.8) is 0 Å². The number of aromatic nitrogens is 1. The van der Waals surface area contributed by atoms with Crippen molar-refractivity contribution in [2.45, 2.75) is 0 Å². The second-order valence-electron chi connectivity index (χ2n) is 2.99. The summed E-state index contributed by atoms with van der Waals surface area (Å²) in [5, 5.41) is 3.10. The summed E-state index contributed by atoms with van der Waals surface area (Å²) in [6.45, 7) is 0.254. The molecule has 1 aromatic heterocycles. The molecular weight excluding hydrogens is 281 g/mol. The quantitative estimate of drug-likeness (QED) is 0.922. The first kappa shape index (κ1) is 12.3. The molecule has 0 bridgehead atoms. The van der Waals surface area contributed by atoms with Gasteiger partial charge in [0.25, 0.3) is 0 Å². The van der Waals surface area contributed by atoms with Crippen LogP contribution in [0.5, 0.6) is 0 Å². The molecule has 0 radical (unpaired) electrons. The number of halogens is 2. The van der Waals surface area contributed by atoms with Gasteiger partial charge >= 0.3 is 0 Å². The molecule has 0 aliphatic carbocycles. The third-order valence-electron chi connectivity index (χ3n) is 1.81. The Hall–Kier alpha value is -0.810. The van der Waals surface area contributed by atoms with Crippen LogP contribution in [0.3, 0.4) is 0 Å². The highest BCUT2D eigenvalue weighted by atomic mass is 79.9. The molecule has 6 heteroatoms. The standard InChI is InChI=1S/C9H11BrClN3O/c1-12-8(15)5-14(2)9-7(10)3-6(11)4-13-9/h3-4H,5H2,1-2H3,(H,12,15). The van der Waals surface area contributed by atoms with Crippen molar-refractivity contribution in [2.24, 2.45) is 0 Å². The second-order valence-corrected chi connectivity index (χ2v) is 4.28. The molecule has 1 heterocycles. The Morgan fingerprint density at radius 1 is 1.73 bits per heavy atom. The van der Waals surface area contributed by atoms with Gasteiger partial charge in [0.05, 0.1) is 16.0 Å². The van der Waals surface area contributed by atoms with Crippen molar-refractivity contribution in [1.29, 1.82) is 0 Å². The molecule has 0 fully saturated rings. The van der Waals surface area contributed by atoms with Crippen LogP contribution >= 0.6 is 27.5 Å². The molecule has 82 valence electrons. The first-order valence-corrected chi connectivity index (χ1v) is 5.44. The van der Waals surface area contributed by atoms with Crippen molar-refractivity contribution in [3.8, 4) is 0 Å². The fourth-order valence-corrected chi connectivity index (χ4v) is 2.00. The van der Waals surface area contributed by atoms with Crippen LogP contribution in [-0.2, 0) is 4.79 Å². The Morgan fingerprint density at radius 3 is 2.93 bits per heavy atom. The highest BCUT2D eigenvalue weighted by Gasteiger charge is 2.10. The summed E-state index contributed by atoms with van der Waals surface area (Å²) < 4.78 is 0.765. The van der Waals surface area contributed by atoms with E-state index >= 15 is 0 Å². The zero-order valence-corrected chi connectivity index (χ0v) is 10.8. The van der Waals surface area contributed by atoms with Gasteiger partial charge in [0.15, 0.2) is 0 Å². The first-order chi connectivity index (χ1) is 7.04. The molecule has 1 aromatic rings. The van der Waals surface area contributed by atoms with E-state index < -0.39 is 0 Å². The fourth-order valence-electron chi connectivity index (χ4n) is 1.06. The van der Waals surface area contributed by atoms with E-state index in [1.54, 1.807) is 31.3 Å². The molecule has 0 saturated carbocycles. The average molecular weight is 293 g/mol. The van der Waals surface area contributed by atoms with E-state index in [0.29, 0.717) is 10.8 Å². The fraction of sp³-hybridized carbons (Fsp3) is 0.333. The van der Waals surface area contributed by atoms with Gasteiger partial charge in [-0.05, 0) is 22.0 Å². The Morgan fingerprint density at radius 2 is 2.40 bits per heavy atom. The minimum Gasteiger partial charge on any atom is -0.358 e. The van der Waals surface area contributed by atoms with Gasteiger partial charge in [-0.1, -0.05) is 11.6 Å². The summed E-state index contributed by atoms with van der Waals surface area (Å²) in [5.74, 6) is 0.615. The lowest BCUT2D eigenvalue weighted by Gasteiger charge is -2.18. The summed E-state index contributed by atoms with van der Waals surface area (Å²) in [6, 6.07) is 1.74. The van der Waals surface area contributed by atoms with Gasteiger partial charge < -0.3 is 10.2 Å². The maximum atomic E-state index is 11.2. The maximum absolute atomic E-state index is 11.2. The van der Waals surface area contributed by atoms with Crippen LogP contribution in [0.2, 0.25) is 5.02 Å². The predicted octanol–water partition coefficient (Wildman–Crippen LogP) is 1.68. The number of hydrogen-bond acceptors (Lipinski definition) is 3. The normalized spacial score (nSPS) is 9.87. The topological polar surface area (TPSA) is 45.2 Å². The third kappa shape index (κ3) is 3.35. The van der Waals surface area contributed by atoms with Crippen molar-refractivity contribution in [1.82, 2.24) is 10.3 Å². The lowest BCUT2D eigenvalue weighted by atomic mass is 10.4. The number of hydrogen-bond donors (Lipinski definition) is 1. The van der Waals surface area contributed by atoms with Crippen molar-refractivity contribution < 1.29 is 4.79 Å². The summed E-state index contributed by atoms with van der Waals surface area (Å²) in [7, 11) is 3.39. The van der Waals surface area contributed by atoms with E-state index in [1.807, 2.05) is 0 Å².